The number of nitrogens with zero attached hydrogens (tertiary/aromatic N) is 1. The number of rotatable bonds is 3. The smallest absolute Gasteiger partial charge is 0.339 e. The molecular weight excluding hydrogens is 230 g/mol. The SMILES string of the molecule is CN(C)Cc1c(O)c(C(=O)O)cc2ccccc12. The van der Waals surface area contributed by atoms with Crippen molar-refractivity contribution in [3.63, 3.8) is 0 Å². The van der Waals surface area contributed by atoms with E-state index in [-0.39, 0.29) is 11.3 Å². The lowest BCUT2D eigenvalue weighted by atomic mass is 9.99. The molecule has 0 unspecified atom stereocenters. The largest absolute Gasteiger partial charge is 0.507 e. The van der Waals surface area contributed by atoms with Gasteiger partial charge in [-0.05, 0) is 30.9 Å². The molecule has 0 fully saturated rings. The van der Waals surface area contributed by atoms with E-state index in [1.54, 1.807) is 0 Å². The topological polar surface area (TPSA) is 60.8 Å². The van der Waals surface area contributed by atoms with Crippen LogP contribution in [0.5, 0.6) is 5.75 Å². The number of aromatic hydroxyl groups is 1. The molecule has 0 aliphatic carbocycles. The van der Waals surface area contributed by atoms with Crippen molar-refractivity contribution in [3.8, 4) is 5.75 Å². The van der Waals surface area contributed by atoms with E-state index in [2.05, 4.69) is 0 Å². The zero-order valence-corrected chi connectivity index (χ0v) is 10.3. The predicted molar refractivity (Wildman–Crippen MR) is 70.0 cm³/mol. The summed E-state index contributed by atoms with van der Waals surface area (Å²) in [5.41, 5.74) is 0.598. The van der Waals surface area contributed by atoms with Gasteiger partial charge < -0.3 is 15.1 Å². The third-order valence-corrected chi connectivity index (χ3v) is 2.83. The van der Waals surface area contributed by atoms with Crippen molar-refractivity contribution in [2.24, 2.45) is 0 Å². The standard InChI is InChI=1S/C14H15NO3/c1-15(2)8-12-10-6-4-3-5-9(10)7-11(13(12)16)14(17)18/h3-7,16H,8H2,1-2H3,(H,17,18). The molecule has 0 saturated carbocycles. The van der Waals surface area contributed by atoms with E-state index in [0.717, 1.165) is 10.8 Å². The lowest BCUT2D eigenvalue weighted by Crippen LogP contribution is -2.12. The Morgan fingerprint density at radius 1 is 1.28 bits per heavy atom. The summed E-state index contributed by atoms with van der Waals surface area (Å²) in [5.74, 6) is -1.26. The van der Waals surface area contributed by atoms with Gasteiger partial charge in [0.1, 0.15) is 11.3 Å². The summed E-state index contributed by atoms with van der Waals surface area (Å²) >= 11 is 0. The van der Waals surface area contributed by atoms with Gasteiger partial charge in [-0.1, -0.05) is 24.3 Å². The van der Waals surface area contributed by atoms with Crippen molar-refractivity contribution in [3.05, 3.63) is 41.5 Å². The van der Waals surface area contributed by atoms with Crippen LogP contribution in [0.1, 0.15) is 15.9 Å². The van der Waals surface area contributed by atoms with E-state index >= 15 is 0 Å². The molecule has 0 aromatic heterocycles. The molecule has 18 heavy (non-hydrogen) atoms. The van der Waals surface area contributed by atoms with Crippen LogP contribution in [-0.2, 0) is 6.54 Å². The normalized spacial score (nSPS) is 11.1. The molecular formula is C14H15NO3. The van der Waals surface area contributed by atoms with E-state index in [1.165, 1.54) is 6.07 Å². The Morgan fingerprint density at radius 2 is 1.94 bits per heavy atom. The van der Waals surface area contributed by atoms with Gasteiger partial charge in [-0.25, -0.2) is 4.79 Å². The molecule has 0 bridgehead atoms. The first-order chi connectivity index (χ1) is 8.50. The molecule has 2 rings (SSSR count). The Labute approximate surface area is 105 Å². The number of benzene rings is 2. The Kier molecular flexibility index (Phi) is 3.21. The third kappa shape index (κ3) is 2.15. The second-order valence-electron chi connectivity index (χ2n) is 4.52. The summed E-state index contributed by atoms with van der Waals surface area (Å²) in [5, 5.41) is 20.9. The molecule has 0 heterocycles. The lowest BCUT2D eigenvalue weighted by Gasteiger charge is -2.15. The molecule has 0 aliphatic heterocycles. The van der Waals surface area contributed by atoms with E-state index in [0.29, 0.717) is 12.1 Å². The monoisotopic (exact) mass is 245 g/mol. The van der Waals surface area contributed by atoms with Crippen molar-refractivity contribution in [2.45, 2.75) is 6.54 Å². The van der Waals surface area contributed by atoms with Gasteiger partial charge in [0.15, 0.2) is 0 Å². The highest BCUT2D eigenvalue weighted by atomic mass is 16.4. The fraction of sp³-hybridized carbons (Fsp3) is 0.214. The van der Waals surface area contributed by atoms with Gasteiger partial charge in [0.2, 0.25) is 0 Å². The van der Waals surface area contributed by atoms with Gasteiger partial charge in [0.05, 0.1) is 0 Å². The highest BCUT2D eigenvalue weighted by Gasteiger charge is 2.17. The van der Waals surface area contributed by atoms with Gasteiger partial charge in [-0.3, -0.25) is 0 Å². The summed E-state index contributed by atoms with van der Waals surface area (Å²) in [6.45, 7) is 0.494. The van der Waals surface area contributed by atoms with Crippen molar-refractivity contribution in [1.82, 2.24) is 4.90 Å². The fourth-order valence-electron chi connectivity index (χ4n) is 2.05. The second-order valence-corrected chi connectivity index (χ2v) is 4.52. The van der Waals surface area contributed by atoms with Crippen LogP contribution in [0.2, 0.25) is 0 Å². The summed E-state index contributed by atoms with van der Waals surface area (Å²) in [7, 11) is 3.75. The van der Waals surface area contributed by atoms with Gasteiger partial charge in [0, 0.05) is 12.1 Å². The second kappa shape index (κ2) is 4.66. The van der Waals surface area contributed by atoms with Crippen molar-refractivity contribution in [2.75, 3.05) is 14.1 Å². The third-order valence-electron chi connectivity index (χ3n) is 2.83. The molecule has 0 saturated heterocycles. The van der Waals surface area contributed by atoms with Crippen molar-refractivity contribution < 1.29 is 15.0 Å². The summed E-state index contributed by atoms with van der Waals surface area (Å²) < 4.78 is 0. The number of aromatic carboxylic acids is 1. The molecule has 4 nitrogen and oxygen atoms in total. The number of fused-ring (bicyclic) bond motifs is 1. The Morgan fingerprint density at radius 3 is 2.56 bits per heavy atom. The number of carboxylic acid groups (broad SMARTS) is 1. The van der Waals surface area contributed by atoms with Gasteiger partial charge in [0.25, 0.3) is 0 Å². The van der Waals surface area contributed by atoms with Gasteiger partial charge in [-0.15, -0.1) is 0 Å². The Bertz CT molecular complexity index is 605. The molecule has 2 aromatic carbocycles. The molecule has 0 radical (unpaired) electrons. The molecule has 0 aliphatic rings. The Hall–Kier alpha value is -2.07. The number of phenols is 1. The number of carboxylic acids is 1. The quantitative estimate of drug-likeness (QED) is 0.871. The van der Waals surface area contributed by atoms with E-state index in [9.17, 15) is 9.90 Å². The van der Waals surface area contributed by atoms with Crippen LogP contribution in [0.15, 0.2) is 30.3 Å². The van der Waals surface area contributed by atoms with Crippen LogP contribution >= 0.6 is 0 Å². The fourth-order valence-corrected chi connectivity index (χ4v) is 2.05. The minimum Gasteiger partial charge on any atom is -0.507 e. The van der Waals surface area contributed by atoms with Crippen LogP contribution in [0, 0.1) is 0 Å². The van der Waals surface area contributed by atoms with E-state index in [4.69, 9.17) is 5.11 Å². The number of hydrogen-bond donors (Lipinski definition) is 2. The zero-order valence-electron chi connectivity index (χ0n) is 10.3. The molecule has 2 N–H and O–H groups in total. The highest BCUT2D eigenvalue weighted by Crippen LogP contribution is 2.32. The summed E-state index contributed by atoms with van der Waals surface area (Å²) in [6.07, 6.45) is 0. The Balaban J connectivity index is 2.77. The van der Waals surface area contributed by atoms with E-state index in [1.807, 2.05) is 43.3 Å². The maximum absolute atomic E-state index is 11.1. The maximum atomic E-state index is 11.1. The van der Waals surface area contributed by atoms with Gasteiger partial charge >= 0.3 is 5.97 Å². The average molecular weight is 245 g/mol. The molecule has 0 amide bonds. The first-order valence-electron chi connectivity index (χ1n) is 5.62. The van der Waals surface area contributed by atoms with Crippen LogP contribution in [0.4, 0.5) is 0 Å². The van der Waals surface area contributed by atoms with Crippen molar-refractivity contribution >= 4 is 16.7 Å². The van der Waals surface area contributed by atoms with Crippen molar-refractivity contribution in [1.29, 1.82) is 0 Å². The first kappa shape index (κ1) is 12.4. The van der Waals surface area contributed by atoms with Crippen LogP contribution < -0.4 is 0 Å². The number of hydrogen-bond acceptors (Lipinski definition) is 3. The lowest BCUT2D eigenvalue weighted by molar-refractivity contribution is 0.0693. The predicted octanol–water partition coefficient (Wildman–Crippen LogP) is 2.31. The molecule has 0 atom stereocenters. The van der Waals surface area contributed by atoms with Gasteiger partial charge in [-0.2, -0.15) is 0 Å². The zero-order chi connectivity index (χ0) is 13.3. The van der Waals surface area contributed by atoms with Crippen LogP contribution in [-0.4, -0.2) is 35.2 Å². The summed E-state index contributed by atoms with van der Waals surface area (Å²) in [4.78, 5) is 13.0. The summed E-state index contributed by atoms with van der Waals surface area (Å²) in [6, 6.07) is 8.97. The molecule has 2 aromatic rings. The maximum Gasteiger partial charge on any atom is 0.339 e. The molecule has 0 spiro atoms. The van der Waals surface area contributed by atoms with Crippen LogP contribution in [0.3, 0.4) is 0 Å². The molecule has 4 heteroatoms. The first-order valence-corrected chi connectivity index (χ1v) is 5.62. The van der Waals surface area contributed by atoms with E-state index < -0.39 is 5.97 Å². The average Bonchev–Trinajstić information content (AvgIpc) is 2.31. The highest BCUT2D eigenvalue weighted by molar-refractivity contribution is 5.99. The minimum atomic E-state index is -1.11. The number of carbonyl (C=O) groups is 1. The minimum absolute atomic E-state index is 0.0504. The molecule has 94 valence electrons. The van der Waals surface area contributed by atoms with Crippen LogP contribution in [0.25, 0.3) is 10.8 Å².